The molecule has 7 nitrogen and oxygen atoms in total. The summed E-state index contributed by atoms with van der Waals surface area (Å²) in [6, 6.07) is 9.35. The second kappa shape index (κ2) is 7.00. The zero-order valence-corrected chi connectivity index (χ0v) is 15.8. The summed E-state index contributed by atoms with van der Waals surface area (Å²) < 4.78 is 34.6. The number of hydrogen-bond acceptors (Lipinski definition) is 7. The normalized spacial score (nSPS) is 22.0. The molecule has 0 saturated carbocycles. The number of nitrogens with zero attached hydrogens (tertiary/aromatic N) is 3. The van der Waals surface area contributed by atoms with Crippen LogP contribution >= 0.6 is 11.8 Å². The van der Waals surface area contributed by atoms with E-state index in [9.17, 15) is 13.6 Å². The Labute approximate surface area is 169 Å². The Kier molecular flexibility index (Phi) is 4.62. The average molecular weight is 415 g/mol. The van der Waals surface area contributed by atoms with Crippen LogP contribution in [0.3, 0.4) is 0 Å². The lowest BCUT2D eigenvalue weighted by atomic mass is 9.80. The molecule has 1 atom stereocenters. The van der Waals surface area contributed by atoms with Crippen molar-refractivity contribution in [3.05, 3.63) is 53.3 Å². The molecule has 1 spiro atoms. The molecule has 1 amide bonds. The fraction of sp³-hybridized carbons (Fsp3) is 0.263. The molecule has 4 rings (SSSR count). The lowest BCUT2D eigenvalue weighted by Crippen LogP contribution is -2.54. The number of hydrogen-bond donors (Lipinski definition) is 2. The standard InChI is InChI=1S/C19H15F2N5O2S/c20-19(21)10-28-17(23)26-18(19)5-6-29-15-4-2-12(7-13(15)18)25-16(27)14-3-1-11(8-22)9-24-14/h1-4,7,9H,5-6,10H2,(H2,23,26)(H,25,27). The quantitative estimate of drug-likeness (QED) is 0.780. The number of aromatic nitrogens is 1. The summed E-state index contributed by atoms with van der Waals surface area (Å²) in [5.74, 6) is -3.31. The van der Waals surface area contributed by atoms with Crippen LogP contribution in [0.15, 0.2) is 46.4 Å². The first-order valence-electron chi connectivity index (χ1n) is 8.65. The molecule has 2 aromatic rings. The Morgan fingerprint density at radius 3 is 2.90 bits per heavy atom. The van der Waals surface area contributed by atoms with Gasteiger partial charge in [-0.3, -0.25) is 4.79 Å². The van der Waals surface area contributed by atoms with Gasteiger partial charge in [-0.2, -0.15) is 14.0 Å². The summed E-state index contributed by atoms with van der Waals surface area (Å²) in [6.07, 6.45) is 1.38. The van der Waals surface area contributed by atoms with E-state index < -0.39 is 24.0 Å². The van der Waals surface area contributed by atoms with Crippen molar-refractivity contribution in [2.24, 2.45) is 10.7 Å². The molecule has 0 aliphatic carbocycles. The van der Waals surface area contributed by atoms with Crippen molar-refractivity contribution in [1.29, 1.82) is 5.26 Å². The molecular formula is C19H15F2N5O2S. The van der Waals surface area contributed by atoms with Crippen LogP contribution in [-0.2, 0) is 10.3 Å². The van der Waals surface area contributed by atoms with Crippen molar-refractivity contribution in [2.75, 3.05) is 17.7 Å². The van der Waals surface area contributed by atoms with Gasteiger partial charge in [0, 0.05) is 28.1 Å². The third-order valence-corrected chi connectivity index (χ3v) is 5.91. The number of pyridine rings is 1. The van der Waals surface area contributed by atoms with Crippen LogP contribution in [0, 0.1) is 11.3 Å². The molecule has 1 unspecified atom stereocenters. The SMILES string of the molecule is N#Cc1ccc(C(=O)Nc2ccc3c(c2)C2(CCS3)N=C(N)OCC2(F)F)nc1. The first-order valence-corrected chi connectivity index (χ1v) is 9.64. The second-order valence-corrected chi connectivity index (χ2v) is 7.75. The van der Waals surface area contributed by atoms with Crippen molar-refractivity contribution >= 4 is 29.4 Å². The van der Waals surface area contributed by atoms with Crippen LogP contribution in [0.4, 0.5) is 14.5 Å². The molecule has 1 aromatic heterocycles. The van der Waals surface area contributed by atoms with Gasteiger partial charge >= 0.3 is 5.92 Å². The van der Waals surface area contributed by atoms with Gasteiger partial charge in [0.1, 0.15) is 11.8 Å². The number of halogens is 2. The lowest BCUT2D eigenvalue weighted by molar-refractivity contribution is -0.124. The van der Waals surface area contributed by atoms with E-state index in [1.165, 1.54) is 36.2 Å². The van der Waals surface area contributed by atoms with E-state index in [1.54, 1.807) is 12.1 Å². The second-order valence-electron chi connectivity index (χ2n) is 6.61. The van der Waals surface area contributed by atoms with Gasteiger partial charge in [0.2, 0.25) is 0 Å². The predicted octanol–water partition coefficient (Wildman–Crippen LogP) is 2.88. The summed E-state index contributed by atoms with van der Waals surface area (Å²) in [6.45, 7) is -0.849. The first kappa shape index (κ1) is 19.1. The molecule has 1 aromatic carbocycles. The van der Waals surface area contributed by atoms with E-state index in [4.69, 9.17) is 15.7 Å². The maximum absolute atomic E-state index is 14.9. The van der Waals surface area contributed by atoms with Crippen molar-refractivity contribution in [3.63, 3.8) is 0 Å². The Bertz CT molecular complexity index is 1050. The highest BCUT2D eigenvalue weighted by Gasteiger charge is 2.59. The summed E-state index contributed by atoms with van der Waals surface area (Å²) >= 11 is 1.45. The largest absolute Gasteiger partial charge is 0.459 e. The zero-order chi connectivity index (χ0) is 20.6. The van der Waals surface area contributed by atoms with Crippen molar-refractivity contribution in [3.8, 4) is 6.07 Å². The van der Waals surface area contributed by atoms with Crippen LogP contribution in [0.5, 0.6) is 0 Å². The molecule has 3 N–H and O–H groups in total. The predicted molar refractivity (Wildman–Crippen MR) is 103 cm³/mol. The fourth-order valence-corrected chi connectivity index (χ4v) is 4.54. The zero-order valence-electron chi connectivity index (χ0n) is 15.0. The Morgan fingerprint density at radius 1 is 1.34 bits per heavy atom. The van der Waals surface area contributed by atoms with E-state index in [0.717, 1.165) is 0 Å². The molecule has 0 fully saturated rings. The highest BCUT2D eigenvalue weighted by molar-refractivity contribution is 7.99. The maximum Gasteiger partial charge on any atom is 0.310 e. The van der Waals surface area contributed by atoms with Crippen molar-refractivity contribution < 1.29 is 18.3 Å². The van der Waals surface area contributed by atoms with Crippen molar-refractivity contribution in [2.45, 2.75) is 22.8 Å². The minimum Gasteiger partial charge on any atom is -0.459 e. The number of carbonyl (C=O) groups excluding carboxylic acids is 1. The Morgan fingerprint density at radius 2 is 2.17 bits per heavy atom. The number of amides is 1. The number of amidine groups is 1. The Hall–Kier alpha value is -3.19. The summed E-state index contributed by atoms with van der Waals surface area (Å²) in [5, 5.41) is 11.5. The van der Waals surface area contributed by atoms with Gasteiger partial charge in [-0.05, 0) is 36.8 Å². The maximum atomic E-state index is 14.9. The van der Waals surface area contributed by atoms with Gasteiger partial charge in [-0.1, -0.05) is 0 Å². The van der Waals surface area contributed by atoms with Crippen molar-refractivity contribution in [1.82, 2.24) is 4.98 Å². The van der Waals surface area contributed by atoms with Crippen LogP contribution in [0.1, 0.15) is 28.0 Å². The number of aliphatic imine (C=N–C) groups is 1. The molecule has 0 bridgehead atoms. The highest BCUT2D eigenvalue weighted by Crippen LogP contribution is 2.53. The minimum atomic E-state index is -3.25. The third-order valence-electron chi connectivity index (χ3n) is 4.84. The summed E-state index contributed by atoms with van der Waals surface area (Å²) in [7, 11) is 0. The lowest BCUT2D eigenvalue weighted by Gasteiger charge is -2.43. The molecule has 10 heteroatoms. The summed E-state index contributed by atoms with van der Waals surface area (Å²) in [4.78, 5) is 21.1. The average Bonchev–Trinajstić information content (AvgIpc) is 2.72. The van der Waals surface area contributed by atoms with Gasteiger partial charge in [-0.15, -0.1) is 11.8 Å². The van der Waals surface area contributed by atoms with Gasteiger partial charge in [0.15, 0.2) is 12.1 Å². The number of rotatable bonds is 2. The number of ether oxygens (including phenoxy) is 1. The van der Waals surface area contributed by atoms with E-state index in [1.807, 2.05) is 6.07 Å². The molecule has 2 aliphatic heterocycles. The van der Waals surface area contributed by atoms with E-state index in [0.29, 0.717) is 27.5 Å². The number of carbonyl (C=O) groups is 1. The molecule has 3 heterocycles. The van der Waals surface area contributed by atoms with E-state index in [2.05, 4.69) is 15.3 Å². The number of nitrogens with two attached hydrogens (primary N) is 1. The topological polar surface area (TPSA) is 113 Å². The van der Waals surface area contributed by atoms with Gasteiger partial charge < -0.3 is 15.8 Å². The summed E-state index contributed by atoms with van der Waals surface area (Å²) in [5.41, 5.74) is 4.85. The monoisotopic (exact) mass is 415 g/mol. The first-order chi connectivity index (χ1) is 13.8. The molecule has 0 saturated heterocycles. The number of anilines is 1. The number of fused-ring (bicyclic) bond motifs is 2. The fourth-order valence-electron chi connectivity index (χ4n) is 3.37. The molecule has 2 aliphatic rings. The number of nitriles is 1. The molecule has 0 radical (unpaired) electrons. The van der Waals surface area contributed by atoms with Crippen LogP contribution < -0.4 is 11.1 Å². The van der Waals surface area contributed by atoms with Crippen LogP contribution in [0.2, 0.25) is 0 Å². The van der Waals surface area contributed by atoms with Gasteiger partial charge in [0.05, 0.1) is 5.56 Å². The Balaban J connectivity index is 1.69. The minimum absolute atomic E-state index is 0.0936. The van der Waals surface area contributed by atoms with E-state index >= 15 is 0 Å². The van der Waals surface area contributed by atoms with Crippen LogP contribution in [-0.4, -0.2) is 35.2 Å². The number of nitrogens with one attached hydrogen (secondary N) is 1. The van der Waals surface area contributed by atoms with Gasteiger partial charge in [-0.25, -0.2) is 9.98 Å². The molecule has 29 heavy (non-hydrogen) atoms. The van der Waals surface area contributed by atoms with Gasteiger partial charge in [0.25, 0.3) is 11.9 Å². The number of benzene rings is 1. The number of thioether (sulfide) groups is 1. The molecular weight excluding hydrogens is 400 g/mol. The number of alkyl halides is 2. The smallest absolute Gasteiger partial charge is 0.310 e. The molecule has 148 valence electrons. The van der Waals surface area contributed by atoms with Crippen LogP contribution in [0.25, 0.3) is 0 Å². The highest BCUT2D eigenvalue weighted by atomic mass is 32.2. The third kappa shape index (κ3) is 3.27. The van der Waals surface area contributed by atoms with E-state index in [-0.39, 0.29) is 18.1 Å².